The van der Waals surface area contributed by atoms with Gasteiger partial charge >= 0.3 is 6.03 Å². The van der Waals surface area contributed by atoms with Crippen molar-refractivity contribution in [2.24, 2.45) is 5.92 Å². The SMILES string of the molecule is CN[C@]1(c2ccccc2)CC[C@]2(CC1)CN(c1cnc(C#N)nc1OC)C(=O)N2CC1CCC1. The predicted molar refractivity (Wildman–Crippen MR) is 128 cm³/mol. The average molecular weight is 461 g/mol. The van der Waals surface area contributed by atoms with E-state index in [1.807, 2.05) is 13.1 Å². The van der Waals surface area contributed by atoms with Gasteiger partial charge in [0.2, 0.25) is 11.7 Å². The largest absolute Gasteiger partial charge is 0.479 e. The van der Waals surface area contributed by atoms with Crippen LogP contribution >= 0.6 is 0 Å². The van der Waals surface area contributed by atoms with E-state index in [9.17, 15) is 10.1 Å². The number of urea groups is 1. The fourth-order valence-corrected chi connectivity index (χ4v) is 5.95. The number of benzene rings is 1. The minimum atomic E-state index is -0.235. The molecule has 5 rings (SSSR count). The number of nitrogens with zero attached hydrogens (tertiary/aromatic N) is 5. The van der Waals surface area contributed by atoms with E-state index in [0.29, 0.717) is 18.2 Å². The van der Waals surface area contributed by atoms with Crippen molar-refractivity contribution in [1.82, 2.24) is 20.2 Å². The van der Waals surface area contributed by atoms with Gasteiger partial charge in [-0.1, -0.05) is 36.8 Å². The zero-order valence-electron chi connectivity index (χ0n) is 20.0. The standard InChI is InChI=1S/C26H32N6O2/c1-28-26(20-9-4-3-5-10-20)13-11-25(12-14-26)18-31(24(33)32(25)17-19-7-6-8-19)21-16-29-22(15-27)30-23(21)34-2/h3-5,9-10,16,19,28H,6-8,11-14,17-18H2,1-2H3/t25-,26+. The van der Waals surface area contributed by atoms with Gasteiger partial charge in [-0.25, -0.2) is 9.78 Å². The Balaban J connectivity index is 1.46. The van der Waals surface area contributed by atoms with Crippen molar-refractivity contribution >= 4 is 11.7 Å². The quantitative estimate of drug-likeness (QED) is 0.704. The van der Waals surface area contributed by atoms with Crippen LogP contribution < -0.4 is 15.0 Å². The Hall–Kier alpha value is -3.18. The lowest BCUT2D eigenvalue weighted by atomic mass is 9.68. The Labute approximate surface area is 200 Å². The molecule has 0 bridgehead atoms. The molecule has 8 nitrogen and oxygen atoms in total. The third-order valence-corrected chi connectivity index (χ3v) is 8.31. The van der Waals surface area contributed by atoms with Gasteiger partial charge in [0.1, 0.15) is 11.8 Å². The molecule has 1 spiro atoms. The van der Waals surface area contributed by atoms with Crippen LogP contribution in [0.25, 0.3) is 0 Å². The summed E-state index contributed by atoms with van der Waals surface area (Å²) in [5, 5.41) is 12.8. The summed E-state index contributed by atoms with van der Waals surface area (Å²) in [5.41, 5.74) is 1.53. The Morgan fingerprint density at radius 1 is 1.21 bits per heavy atom. The lowest BCUT2D eigenvalue weighted by Crippen LogP contribution is -2.56. The van der Waals surface area contributed by atoms with Gasteiger partial charge in [-0.05, 0) is 57.1 Å². The maximum atomic E-state index is 13.8. The number of nitriles is 1. The Morgan fingerprint density at radius 3 is 2.53 bits per heavy atom. The van der Waals surface area contributed by atoms with Gasteiger partial charge in [0, 0.05) is 12.1 Å². The fourth-order valence-electron chi connectivity index (χ4n) is 5.95. The van der Waals surface area contributed by atoms with Crippen LogP contribution in [-0.2, 0) is 5.54 Å². The minimum Gasteiger partial charge on any atom is -0.479 e. The second-order valence-corrected chi connectivity index (χ2v) is 9.90. The Kier molecular flexibility index (Phi) is 5.90. The van der Waals surface area contributed by atoms with Gasteiger partial charge in [-0.3, -0.25) is 4.90 Å². The van der Waals surface area contributed by atoms with Crippen LogP contribution in [0.3, 0.4) is 0 Å². The van der Waals surface area contributed by atoms with E-state index in [0.717, 1.165) is 32.2 Å². The molecule has 8 heteroatoms. The molecular weight excluding hydrogens is 428 g/mol. The second-order valence-electron chi connectivity index (χ2n) is 9.90. The highest BCUT2D eigenvalue weighted by atomic mass is 16.5. The number of nitrogens with one attached hydrogen (secondary N) is 1. The highest BCUT2D eigenvalue weighted by molar-refractivity contribution is 5.96. The molecule has 2 heterocycles. The first-order chi connectivity index (χ1) is 16.5. The van der Waals surface area contributed by atoms with Gasteiger partial charge in [-0.2, -0.15) is 10.2 Å². The van der Waals surface area contributed by atoms with Gasteiger partial charge in [-0.15, -0.1) is 0 Å². The normalized spacial score (nSPS) is 27.0. The van der Waals surface area contributed by atoms with Crippen molar-refractivity contribution in [3.05, 3.63) is 47.9 Å². The maximum absolute atomic E-state index is 13.8. The first-order valence-electron chi connectivity index (χ1n) is 12.2. The second kappa shape index (κ2) is 8.88. The van der Waals surface area contributed by atoms with Crippen molar-refractivity contribution in [1.29, 1.82) is 5.26 Å². The molecule has 1 saturated heterocycles. The molecule has 1 aromatic carbocycles. The Bertz CT molecular complexity index is 1090. The third kappa shape index (κ3) is 3.68. The van der Waals surface area contributed by atoms with E-state index >= 15 is 0 Å². The summed E-state index contributed by atoms with van der Waals surface area (Å²) in [4.78, 5) is 26.1. The summed E-state index contributed by atoms with van der Waals surface area (Å²) >= 11 is 0. The molecule has 0 unspecified atom stereocenters. The number of carbonyl (C=O) groups excluding carboxylic acids is 1. The molecule has 2 saturated carbocycles. The zero-order chi connectivity index (χ0) is 23.8. The van der Waals surface area contributed by atoms with E-state index in [4.69, 9.17) is 4.74 Å². The van der Waals surface area contributed by atoms with Crippen molar-refractivity contribution in [3.63, 3.8) is 0 Å². The van der Waals surface area contributed by atoms with Gasteiger partial charge in [0.25, 0.3) is 0 Å². The van der Waals surface area contributed by atoms with Gasteiger partial charge in [0.05, 0.1) is 25.4 Å². The van der Waals surface area contributed by atoms with Crippen LogP contribution in [0.15, 0.2) is 36.5 Å². The molecule has 34 heavy (non-hydrogen) atoms. The van der Waals surface area contributed by atoms with E-state index in [1.54, 1.807) is 11.1 Å². The molecule has 0 atom stereocenters. The average Bonchev–Trinajstić information content (AvgIpc) is 3.13. The summed E-state index contributed by atoms with van der Waals surface area (Å²) < 4.78 is 5.46. The summed E-state index contributed by atoms with van der Waals surface area (Å²) in [6, 6.07) is 12.6. The smallest absolute Gasteiger partial charge is 0.325 e. The number of aromatic nitrogens is 2. The molecule has 3 fully saturated rings. The zero-order valence-corrected chi connectivity index (χ0v) is 20.0. The van der Waals surface area contributed by atoms with Crippen LogP contribution in [0, 0.1) is 17.2 Å². The van der Waals surface area contributed by atoms with Crippen molar-refractivity contribution < 1.29 is 9.53 Å². The highest BCUT2D eigenvalue weighted by Crippen LogP contribution is 2.49. The summed E-state index contributed by atoms with van der Waals surface area (Å²) in [7, 11) is 3.55. The molecule has 2 amide bonds. The molecule has 2 aliphatic carbocycles. The predicted octanol–water partition coefficient (Wildman–Crippen LogP) is 3.83. The third-order valence-electron chi connectivity index (χ3n) is 8.31. The number of rotatable bonds is 6. The fraction of sp³-hybridized carbons (Fsp3) is 0.538. The van der Waals surface area contributed by atoms with E-state index < -0.39 is 0 Å². The minimum absolute atomic E-state index is 0.00447. The number of anilines is 1. The van der Waals surface area contributed by atoms with E-state index in [-0.39, 0.29) is 28.8 Å². The van der Waals surface area contributed by atoms with Crippen LogP contribution in [0.2, 0.25) is 0 Å². The van der Waals surface area contributed by atoms with Crippen LogP contribution in [0.4, 0.5) is 10.5 Å². The van der Waals surface area contributed by atoms with Crippen molar-refractivity contribution in [3.8, 4) is 11.9 Å². The molecule has 1 N–H and O–H groups in total. The van der Waals surface area contributed by atoms with E-state index in [2.05, 4.69) is 50.5 Å². The lowest BCUT2D eigenvalue weighted by molar-refractivity contribution is 0.0593. The first kappa shape index (κ1) is 22.6. The summed E-state index contributed by atoms with van der Waals surface area (Å²) in [6.45, 7) is 1.38. The monoisotopic (exact) mass is 460 g/mol. The van der Waals surface area contributed by atoms with Gasteiger partial charge < -0.3 is 15.0 Å². The number of carbonyl (C=O) groups is 1. The van der Waals surface area contributed by atoms with E-state index in [1.165, 1.54) is 31.9 Å². The number of methoxy groups -OCH3 is 1. The molecule has 1 aromatic heterocycles. The molecule has 178 valence electrons. The molecule has 2 aromatic rings. The van der Waals surface area contributed by atoms with Crippen molar-refractivity contribution in [2.45, 2.75) is 56.0 Å². The molecule has 3 aliphatic rings. The van der Waals surface area contributed by atoms with Crippen LogP contribution in [0.5, 0.6) is 5.88 Å². The summed E-state index contributed by atoms with van der Waals surface area (Å²) in [5.74, 6) is 0.878. The van der Waals surface area contributed by atoms with Crippen molar-refractivity contribution in [2.75, 3.05) is 32.1 Å². The first-order valence-corrected chi connectivity index (χ1v) is 12.2. The topological polar surface area (TPSA) is 94.4 Å². The number of hydrogen-bond donors (Lipinski definition) is 1. The number of ether oxygens (including phenoxy) is 1. The Morgan fingerprint density at radius 2 is 1.94 bits per heavy atom. The molecule has 0 radical (unpaired) electrons. The van der Waals surface area contributed by atoms with Crippen LogP contribution in [0.1, 0.15) is 56.3 Å². The van der Waals surface area contributed by atoms with Gasteiger partial charge in [0.15, 0.2) is 0 Å². The van der Waals surface area contributed by atoms with Crippen LogP contribution in [-0.4, -0.2) is 53.7 Å². The summed E-state index contributed by atoms with van der Waals surface area (Å²) in [6.07, 6.45) is 8.91. The highest BCUT2D eigenvalue weighted by Gasteiger charge is 2.55. The number of amides is 2. The number of hydrogen-bond acceptors (Lipinski definition) is 6. The maximum Gasteiger partial charge on any atom is 0.325 e. The molecular formula is C26H32N6O2. The lowest BCUT2D eigenvalue weighted by Gasteiger charge is -2.49. The molecule has 1 aliphatic heterocycles.